The molecule has 0 aliphatic rings. The fourth-order valence-electron chi connectivity index (χ4n) is 1.88. The van der Waals surface area contributed by atoms with Gasteiger partial charge in [-0.3, -0.25) is 0 Å². The average molecular weight is 246 g/mol. The van der Waals surface area contributed by atoms with E-state index in [-0.39, 0.29) is 0 Å². The minimum atomic E-state index is 0.720. The van der Waals surface area contributed by atoms with Crippen molar-refractivity contribution in [2.45, 2.75) is 13.3 Å². The van der Waals surface area contributed by atoms with E-state index in [0.717, 1.165) is 41.1 Å². The number of hydrogen-bond acceptors (Lipinski definition) is 4. The number of aromatic nitrogens is 1. The predicted octanol–water partition coefficient (Wildman–Crippen LogP) is 3.07. The standard InChI is InChI=1S/C14H18N2O2/c1-4-6-15-14-11-9-13(18-3)12(17-2)8-10(11)5-7-16-14/h5,7-9H,4,6H2,1-3H3,(H,15,16). The highest BCUT2D eigenvalue weighted by molar-refractivity contribution is 5.94. The molecule has 18 heavy (non-hydrogen) atoms. The molecule has 0 fully saturated rings. The van der Waals surface area contributed by atoms with E-state index < -0.39 is 0 Å². The molecule has 0 radical (unpaired) electrons. The first-order valence-corrected chi connectivity index (χ1v) is 6.04. The van der Waals surface area contributed by atoms with Crippen LogP contribution in [-0.4, -0.2) is 25.7 Å². The molecule has 1 aromatic carbocycles. The summed E-state index contributed by atoms with van der Waals surface area (Å²) < 4.78 is 10.6. The van der Waals surface area contributed by atoms with Gasteiger partial charge in [0, 0.05) is 18.1 Å². The Morgan fingerprint density at radius 1 is 1.17 bits per heavy atom. The minimum absolute atomic E-state index is 0.720. The van der Waals surface area contributed by atoms with Crippen molar-refractivity contribution in [3.05, 3.63) is 24.4 Å². The summed E-state index contributed by atoms with van der Waals surface area (Å²) in [6.07, 6.45) is 2.86. The smallest absolute Gasteiger partial charge is 0.161 e. The summed E-state index contributed by atoms with van der Waals surface area (Å²) in [5.41, 5.74) is 0. The van der Waals surface area contributed by atoms with Gasteiger partial charge in [-0.1, -0.05) is 6.92 Å². The van der Waals surface area contributed by atoms with Crippen molar-refractivity contribution in [1.82, 2.24) is 4.98 Å². The van der Waals surface area contributed by atoms with Crippen LogP contribution >= 0.6 is 0 Å². The second-order valence-electron chi connectivity index (χ2n) is 4.01. The zero-order valence-electron chi connectivity index (χ0n) is 11.0. The first-order valence-electron chi connectivity index (χ1n) is 6.04. The lowest BCUT2D eigenvalue weighted by Gasteiger charge is -2.12. The lowest BCUT2D eigenvalue weighted by Crippen LogP contribution is -2.02. The predicted molar refractivity (Wildman–Crippen MR) is 73.6 cm³/mol. The van der Waals surface area contributed by atoms with Crippen LogP contribution in [0.25, 0.3) is 10.8 Å². The average Bonchev–Trinajstić information content (AvgIpc) is 2.43. The van der Waals surface area contributed by atoms with Crippen molar-refractivity contribution >= 4 is 16.6 Å². The molecule has 1 N–H and O–H groups in total. The highest BCUT2D eigenvalue weighted by Crippen LogP contribution is 2.34. The molecule has 0 aliphatic heterocycles. The molecule has 1 heterocycles. The number of fused-ring (bicyclic) bond motifs is 1. The van der Waals surface area contributed by atoms with E-state index >= 15 is 0 Å². The number of hydrogen-bond donors (Lipinski definition) is 1. The van der Waals surface area contributed by atoms with Crippen LogP contribution in [0.3, 0.4) is 0 Å². The van der Waals surface area contributed by atoms with Gasteiger partial charge in [-0.15, -0.1) is 0 Å². The van der Waals surface area contributed by atoms with Gasteiger partial charge < -0.3 is 14.8 Å². The Labute approximate surface area is 107 Å². The molecule has 0 spiro atoms. The third-order valence-electron chi connectivity index (χ3n) is 2.81. The molecule has 2 rings (SSSR count). The number of ether oxygens (including phenoxy) is 2. The molecule has 0 atom stereocenters. The zero-order valence-corrected chi connectivity index (χ0v) is 11.0. The zero-order chi connectivity index (χ0) is 13.0. The number of pyridine rings is 1. The lowest BCUT2D eigenvalue weighted by atomic mass is 10.1. The van der Waals surface area contributed by atoms with Gasteiger partial charge in [-0.2, -0.15) is 0 Å². The summed E-state index contributed by atoms with van der Waals surface area (Å²) in [5.74, 6) is 2.34. The van der Waals surface area contributed by atoms with E-state index in [1.807, 2.05) is 18.2 Å². The molecule has 4 nitrogen and oxygen atoms in total. The van der Waals surface area contributed by atoms with Gasteiger partial charge in [0.15, 0.2) is 11.5 Å². The monoisotopic (exact) mass is 246 g/mol. The van der Waals surface area contributed by atoms with Gasteiger partial charge >= 0.3 is 0 Å². The molecule has 1 aromatic heterocycles. The molecular formula is C14H18N2O2. The van der Waals surface area contributed by atoms with E-state index in [1.165, 1.54) is 0 Å². The topological polar surface area (TPSA) is 43.4 Å². The molecule has 0 saturated carbocycles. The van der Waals surface area contributed by atoms with Crippen molar-refractivity contribution < 1.29 is 9.47 Å². The van der Waals surface area contributed by atoms with Gasteiger partial charge in [0.1, 0.15) is 5.82 Å². The summed E-state index contributed by atoms with van der Waals surface area (Å²) in [4.78, 5) is 4.37. The lowest BCUT2D eigenvalue weighted by molar-refractivity contribution is 0.356. The van der Waals surface area contributed by atoms with Gasteiger partial charge in [0.05, 0.1) is 14.2 Å². The Morgan fingerprint density at radius 3 is 2.56 bits per heavy atom. The highest BCUT2D eigenvalue weighted by atomic mass is 16.5. The Bertz CT molecular complexity index is 541. The van der Waals surface area contributed by atoms with Gasteiger partial charge in [-0.25, -0.2) is 4.98 Å². The summed E-state index contributed by atoms with van der Waals surface area (Å²) in [5, 5.41) is 5.45. The maximum absolute atomic E-state index is 5.32. The third kappa shape index (κ3) is 2.32. The van der Waals surface area contributed by atoms with Gasteiger partial charge in [0.25, 0.3) is 0 Å². The summed E-state index contributed by atoms with van der Waals surface area (Å²) in [6.45, 7) is 3.03. The number of nitrogens with one attached hydrogen (secondary N) is 1. The fourth-order valence-corrected chi connectivity index (χ4v) is 1.88. The number of rotatable bonds is 5. The molecule has 0 saturated heterocycles. The maximum atomic E-state index is 5.32. The van der Waals surface area contributed by atoms with E-state index in [0.29, 0.717) is 0 Å². The minimum Gasteiger partial charge on any atom is -0.493 e. The van der Waals surface area contributed by atoms with Crippen LogP contribution in [0.4, 0.5) is 5.82 Å². The van der Waals surface area contributed by atoms with Crippen molar-refractivity contribution in [3.63, 3.8) is 0 Å². The van der Waals surface area contributed by atoms with Crippen molar-refractivity contribution in [2.24, 2.45) is 0 Å². The van der Waals surface area contributed by atoms with Gasteiger partial charge in [0.2, 0.25) is 0 Å². The quantitative estimate of drug-likeness (QED) is 0.880. The van der Waals surface area contributed by atoms with E-state index in [4.69, 9.17) is 9.47 Å². The van der Waals surface area contributed by atoms with Gasteiger partial charge in [-0.05, 0) is 30.0 Å². The summed E-state index contributed by atoms with van der Waals surface area (Å²) >= 11 is 0. The van der Waals surface area contributed by atoms with Crippen molar-refractivity contribution in [2.75, 3.05) is 26.1 Å². The normalized spacial score (nSPS) is 10.4. The Kier molecular flexibility index (Phi) is 3.87. The van der Waals surface area contributed by atoms with Crippen LogP contribution in [0.15, 0.2) is 24.4 Å². The van der Waals surface area contributed by atoms with Crippen molar-refractivity contribution in [3.8, 4) is 11.5 Å². The summed E-state index contributed by atoms with van der Waals surface area (Å²) in [6, 6.07) is 5.89. The Morgan fingerprint density at radius 2 is 1.89 bits per heavy atom. The Hall–Kier alpha value is -1.97. The second kappa shape index (κ2) is 5.58. The highest BCUT2D eigenvalue weighted by Gasteiger charge is 2.09. The van der Waals surface area contributed by atoms with Crippen LogP contribution in [0.2, 0.25) is 0 Å². The third-order valence-corrected chi connectivity index (χ3v) is 2.81. The second-order valence-corrected chi connectivity index (χ2v) is 4.01. The first-order chi connectivity index (χ1) is 8.80. The van der Waals surface area contributed by atoms with E-state index in [1.54, 1.807) is 20.4 Å². The molecule has 0 unspecified atom stereocenters. The molecule has 0 bridgehead atoms. The largest absolute Gasteiger partial charge is 0.493 e. The fraction of sp³-hybridized carbons (Fsp3) is 0.357. The van der Waals surface area contributed by atoms with Crippen LogP contribution in [0, 0.1) is 0 Å². The van der Waals surface area contributed by atoms with Crippen molar-refractivity contribution in [1.29, 1.82) is 0 Å². The van der Waals surface area contributed by atoms with E-state index in [2.05, 4.69) is 17.2 Å². The number of methoxy groups -OCH3 is 2. The van der Waals surface area contributed by atoms with Crippen LogP contribution in [0.1, 0.15) is 13.3 Å². The maximum Gasteiger partial charge on any atom is 0.161 e. The van der Waals surface area contributed by atoms with E-state index in [9.17, 15) is 0 Å². The molecule has 4 heteroatoms. The molecule has 96 valence electrons. The molecule has 0 amide bonds. The molecular weight excluding hydrogens is 228 g/mol. The number of anilines is 1. The molecule has 0 aliphatic carbocycles. The SMILES string of the molecule is CCCNc1nccc2cc(OC)c(OC)cc12. The molecule has 2 aromatic rings. The summed E-state index contributed by atoms with van der Waals surface area (Å²) in [7, 11) is 3.28. The van der Waals surface area contributed by atoms with Crippen LogP contribution < -0.4 is 14.8 Å². The van der Waals surface area contributed by atoms with Crippen LogP contribution in [-0.2, 0) is 0 Å². The number of nitrogens with zero attached hydrogens (tertiary/aromatic N) is 1. The Balaban J connectivity index is 2.54. The van der Waals surface area contributed by atoms with Crippen LogP contribution in [0.5, 0.6) is 11.5 Å². The number of benzene rings is 1. The first kappa shape index (κ1) is 12.5.